The van der Waals surface area contributed by atoms with Gasteiger partial charge in [-0.3, -0.25) is 9.59 Å². The van der Waals surface area contributed by atoms with Crippen molar-refractivity contribution < 1.29 is 27.5 Å². The first kappa shape index (κ1) is 28.1. The highest BCUT2D eigenvalue weighted by Gasteiger charge is 2.30. The molecule has 0 aliphatic heterocycles. The third kappa shape index (κ3) is 7.98. The average Bonchev–Trinajstić information content (AvgIpc) is 2.83. The third-order valence-electron chi connectivity index (χ3n) is 4.65. The maximum atomic E-state index is 13.0. The second-order valence-corrected chi connectivity index (χ2v) is 9.08. The van der Waals surface area contributed by atoms with Crippen LogP contribution in [0.3, 0.4) is 0 Å². The fraction of sp³-hybridized carbons (Fsp3) is 0.0800. The van der Waals surface area contributed by atoms with Gasteiger partial charge in [0.1, 0.15) is 17.4 Å². The highest BCUT2D eigenvalue weighted by molar-refractivity contribution is 9.10. The molecule has 3 aromatic carbocycles. The highest BCUT2D eigenvalue weighted by atomic mass is 79.9. The van der Waals surface area contributed by atoms with Gasteiger partial charge in [-0.05, 0) is 60.7 Å². The number of hydrogen-bond donors (Lipinski definition) is 2. The molecule has 0 bridgehead atoms. The Morgan fingerprint density at radius 3 is 2.41 bits per heavy atom. The van der Waals surface area contributed by atoms with E-state index < -0.39 is 35.7 Å². The van der Waals surface area contributed by atoms with E-state index in [1.165, 1.54) is 30.3 Å². The van der Waals surface area contributed by atoms with Gasteiger partial charge in [-0.1, -0.05) is 45.2 Å². The van der Waals surface area contributed by atoms with Crippen LogP contribution in [0.2, 0.25) is 10.0 Å². The molecule has 3 rings (SSSR count). The summed E-state index contributed by atoms with van der Waals surface area (Å²) < 4.78 is 45.0. The van der Waals surface area contributed by atoms with Crippen molar-refractivity contribution in [1.29, 1.82) is 5.26 Å². The van der Waals surface area contributed by atoms with E-state index in [1.54, 1.807) is 24.3 Å². The lowest BCUT2D eigenvalue weighted by atomic mass is 10.1. The molecule has 0 heterocycles. The number of anilines is 2. The summed E-state index contributed by atoms with van der Waals surface area (Å²) in [5, 5.41) is 15.0. The summed E-state index contributed by atoms with van der Waals surface area (Å²) in [7, 11) is 0. The molecule has 37 heavy (non-hydrogen) atoms. The van der Waals surface area contributed by atoms with Gasteiger partial charge in [0.25, 0.3) is 11.8 Å². The summed E-state index contributed by atoms with van der Waals surface area (Å²) in [4.78, 5) is 24.9. The van der Waals surface area contributed by atoms with E-state index in [0.717, 1.165) is 18.2 Å². The molecule has 0 atom stereocenters. The van der Waals surface area contributed by atoms with Crippen molar-refractivity contribution in [2.75, 3.05) is 17.2 Å². The maximum absolute atomic E-state index is 13.0. The zero-order valence-electron chi connectivity index (χ0n) is 18.5. The maximum Gasteiger partial charge on any atom is 0.416 e. The Hall–Kier alpha value is -3.52. The van der Waals surface area contributed by atoms with Crippen LogP contribution < -0.4 is 15.4 Å². The van der Waals surface area contributed by atoms with E-state index >= 15 is 0 Å². The summed E-state index contributed by atoms with van der Waals surface area (Å²) in [5.74, 6) is -1.27. The van der Waals surface area contributed by atoms with Crippen LogP contribution in [-0.4, -0.2) is 18.4 Å². The average molecular weight is 613 g/mol. The number of rotatable bonds is 7. The van der Waals surface area contributed by atoms with Crippen molar-refractivity contribution in [3.05, 3.63) is 91.9 Å². The van der Waals surface area contributed by atoms with Gasteiger partial charge >= 0.3 is 6.18 Å². The lowest BCUT2D eigenvalue weighted by molar-refractivity contribution is -0.137. The van der Waals surface area contributed by atoms with Crippen molar-refractivity contribution in [1.82, 2.24) is 0 Å². The Balaban J connectivity index is 1.76. The van der Waals surface area contributed by atoms with Crippen LogP contribution in [-0.2, 0) is 15.8 Å². The molecule has 6 nitrogen and oxygen atoms in total. The molecular weight excluding hydrogens is 598 g/mol. The molecule has 0 saturated carbocycles. The molecular formula is C25H15BrCl2F3N3O3. The molecule has 3 aromatic rings. The number of ether oxygens (including phenoxy) is 1. The van der Waals surface area contributed by atoms with E-state index in [4.69, 9.17) is 27.9 Å². The summed E-state index contributed by atoms with van der Waals surface area (Å²) in [5.41, 5.74) is -0.815. The van der Waals surface area contributed by atoms with Crippen LogP contribution in [0.4, 0.5) is 24.5 Å². The van der Waals surface area contributed by atoms with Gasteiger partial charge in [-0.15, -0.1) is 0 Å². The first-order chi connectivity index (χ1) is 17.5. The Kier molecular flexibility index (Phi) is 9.21. The zero-order valence-corrected chi connectivity index (χ0v) is 21.6. The highest BCUT2D eigenvalue weighted by Crippen LogP contribution is 2.31. The summed E-state index contributed by atoms with van der Waals surface area (Å²) in [6.07, 6.45) is -3.40. The minimum absolute atomic E-state index is 0.134. The van der Waals surface area contributed by atoms with Crippen molar-refractivity contribution in [2.45, 2.75) is 6.18 Å². The number of nitrogens with zero attached hydrogens (tertiary/aromatic N) is 1. The minimum atomic E-state index is -4.59. The topological polar surface area (TPSA) is 91.2 Å². The molecule has 2 N–H and O–H groups in total. The Bertz CT molecular complexity index is 1420. The predicted molar refractivity (Wildman–Crippen MR) is 138 cm³/mol. The SMILES string of the molecule is N#C/C(=C\c1cc(Br)ccc1OCC(=O)Nc1ccc(Cl)c(Cl)c1)C(=O)Nc1cccc(C(F)(F)F)c1. The number of amides is 2. The number of benzene rings is 3. The third-order valence-corrected chi connectivity index (χ3v) is 5.88. The van der Waals surface area contributed by atoms with Crippen LogP contribution >= 0.6 is 39.1 Å². The molecule has 0 saturated heterocycles. The Morgan fingerprint density at radius 2 is 1.73 bits per heavy atom. The van der Waals surface area contributed by atoms with Gasteiger partial charge in [-0.2, -0.15) is 18.4 Å². The lowest BCUT2D eigenvalue weighted by Gasteiger charge is -2.12. The largest absolute Gasteiger partial charge is 0.483 e. The van der Waals surface area contributed by atoms with E-state index in [0.29, 0.717) is 15.2 Å². The van der Waals surface area contributed by atoms with E-state index in [2.05, 4.69) is 26.6 Å². The van der Waals surface area contributed by atoms with Gasteiger partial charge in [0, 0.05) is 21.4 Å². The quantitative estimate of drug-likeness (QED) is 0.216. The zero-order chi connectivity index (χ0) is 27.2. The fourth-order valence-corrected chi connectivity index (χ4v) is 3.63. The van der Waals surface area contributed by atoms with Crippen LogP contribution in [0.1, 0.15) is 11.1 Å². The number of carbonyl (C=O) groups excluding carboxylic acids is 2. The summed E-state index contributed by atoms with van der Waals surface area (Å²) >= 11 is 15.1. The van der Waals surface area contributed by atoms with Crippen molar-refractivity contribution in [3.8, 4) is 11.8 Å². The van der Waals surface area contributed by atoms with Gasteiger partial charge in [-0.25, -0.2) is 0 Å². The fourth-order valence-electron chi connectivity index (χ4n) is 2.95. The molecule has 0 unspecified atom stereocenters. The molecule has 0 aliphatic carbocycles. The van der Waals surface area contributed by atoms with Gasteiger partial charge in [0.15, 0.2) is 6.61 Å². The number of alkyl halides is 3. The Morgan fingerprint density at radius 1 is 1.00 bits per heavy atom. The normalized spacial score (nSPS) is 11.4. The van der Waals surface area contributed by atoms with Crippen molar-refractivity contribution in [3.63, 3.8) is 0 Å². The molecule has 12 heteroatoms. The molecule has 0 spiro atoms. The van der Waals surface area contributed by atoms with Crippen LogP contribution in [0.25, 0.3) is 6.08 Å². The van der Waals surface area contributed by atoms with E-state index in [1.807, 2.05) is 0 Å². The first-order valence-corrected chi connectivity index (χ1v) is 11.8. The number of carbonyl (C=O) groups is 2. The van der Waals surface area contributed by atoms with Gasteiger partial charge < -0.3 is 15.4 Å². The van der Waals surface area contributed by atoms with Crippen LogP contribution in [0.5, 0.6) is 5.75 Å². The predicted octanol–water partition coefficient (Wildman–Crippen LogP) is 7.34. The second-order valence-electron chi connectivity index (χ2n) is 7.35. The lowest BCUT2D eigenvalue weighted by Crippen LogP contribution is -2.20. The van der Waals surface area contributed by atoms with E-state index in [-0.39, 0.29) is 22.0 Å². The molecule has 0 fully saturated rings. The Labute approximate surface area is 227 Å². The number of halogens is 6. The minimum Gasteiger partial charge on any atom is -0.483 e. The molecule has 190 valence electrons. The standard InChI is InChI=1S/C25H15BrCl2F3N3O3/c26-17-4-7-22(37-13-23(35)33-19-5-6-20(27)21(28)11-19)14(9-17)8-15(12-32)24(36)34-18-3-1-2-16(10-18)25(29,30)31/h1-11H,13H2,(H,33,35)(H,34,36)/b15-8+. The second kappa shape index (κ2) is 12.1. The number of nitriles is 1. The van der Waals surface area contributed by atoms with E-state index in [9.17, 15) is 28.0 Å². The molecule has 2 amide bonds. The van der Waals surface area contributed by atoms with Gasteiger partial charge in [0.2, 0.25) is 0 Å². The van der Waals surface area contributed by atoms with Crippen LogP contribution in [0.15, 0.2) is 70.7 Å². The molecule has 0 aromatic heterocycles. The first-order valence-electron chi connectivity index (χ1n) is 10.2. The number of nitrogens with one attached hydrogen (secondary N) is 2. The smallest absolute Gasteiger partial charge is 0.416 e. The van der Waals surface area contributed by atoms with Crippen molar-refractivity contribution in [2.24, 2.45) is 0 Å². The number of hydrogen-bond acceptors (Lipinski definition) is 4. The summed E-state index contributed by atoms with van der Waals surface area (Å²) in [6, 6.07) is 15.0. The molecule has 0 radical (unpaired) electrons. The van der Waals surface area contributed by atoms with Crippen LogP contribution in [0, 0.1) is 11.3 Å². The summed E-state index contributed by atoms with van der Waals surface area (Å²) in [6.45, 7) is -0.416. The molecule has 0 aliphatic rings. The monoisotopic (exact) mass is 611 g/mol. The van der Waals surface area contributed by atoms with Crippen molar-refractivity contribution >= 4 is 68.4 Å². The van der Waals surface area contributed by atoms with Gasteiger partial charge in [0.05, 0.1) is 15.6 Å².